The molecule has 3 rings (SSSR count). The highest BCUT2D eigenvalue weighted by Crippen LogP contribution is 2.25. The van der Waals surface area contributed by atoms with Crippen LogP contribution in [0.2, 0.25) is 0 Å². The average Bonchev–Trinajstić information content (AvgIpc) is 2.96. The number of quaternary nitrogens is 1. The average molecular weight is 372 g/mol. The number of carbonyl (C=O) groups is 1. The molecule has 1 unspecified atom stereocenters. The normalized spacial score (nSPS) is 12.0. The van der Waals surface area contributed by atoms with E-state index in [4.69, 9.17) is 4.52 Å². The second-order valence-corrected chi connectivity index (χ2v) is 6.46. The fourth-order valence-electron chi connectivity index (χ4n) is 2.80. The van der Waals surface area contributed by atoms with Gasteiger partial charge in [-0.25, -0.2) is 8.78 Å². The van der Waals surface area contributed by atoms with Gasteiger partial charge < -0.3 is 14.7 Å². The van der Waals surface area contributed by atoms with Crippen LogP contribution in [0.5, 0.6) is 0 Å². The van der Waals surface area contributed by atoms with Gasteiger partial charge in [-0.05, 0) is 49.4 Å². The minimum atomic E-state index is -0.403. The van der Waals surface area contributed by atoms with E-state index in [-0.39, 0.29) is 18.3 Å². The van der Waals surface area contributed by atoms with Gasteiger partial charge in [0, 0.05) is 16.8 Å². The summed E-state index contributed by atoms with van der Waals surface area (Å²) in [6.45, 7) is 2.55. The standard InChI is InChI=1S/C20H19F2N3O2/c1-13-18(24-27-20(13)14-6-8-15(21)9-7-14)11-25(2)12-19(26)23-17-5-3-4-16(22)10-17/h3-10H,11-12H2,1-2H3,(H,23,26)/p+1. The van der Waals surface area contributed by atoms with Gasteiger partial charge >= 0.3 is 0 Å². The smallest absolute Gasteiger partial charge is 0.279 e. The molecule has 1 amide bonds. The highest BCUT2D eigenvalue weighted by Gasteiger charge is 2.19. The van der Waals surface area contributed by atoms with Crippen LogP contribution in [0.25, 0.3) is 11.3 Å². The van der Waals surface area contributed by atoms with Gasteiger partial charge in [0.2, 0.25) is 0 Å². The molecule has 0 bridgehead atoms. The number of halogens is 2. The van der Waals surface area contributed by atoms with Crippen molar-refractivity contribution in [3.63, 3.8) is 0 Å². The van der Waals surface area contributed by atoms with Crippen LogP contribution in [0.15, 0.2) is 53.1 Å². The summed E-state index contributed by atoms with van der Waals surface area (Å²) >= 11 is 0. The quantitative estimate of drug-likeness (QED) is 0.699. The lowest BCUT2D eigenvalue weighted by Crippen LogP contribution is -3.08. The molecule has 0 spiro atoms. The summed E-state index contributed by atoms with van der Waals surface area (Å²) < 4.78 is 31.7. The summed E-state index contributed by atoms with van der Waals surface area (Å²) in [5, 5.41) is 6.76. The minimum Gasteiger partial charge on any atom is -0.356 e. The summed E-state index contributed by atoms with van der Waals surface area (Å²) in [6.07, 6.45) is 0. The summed E-state index contributed by atoms with van der Waals surface area (Å²) in [5.74, 6) is -0.357. The molecule has 2 N–H and O–H groups in total. The first-order valence-corrected chi connectivity index (χ1v) is 8.50. The van der Waals surface area contributed by atoms with E-state index in [1.54, 1.807) is 18.2 Å². The molecule has 0 aliphatic rings. The molecule has 1 heterocycles. The second kappa shape index (κ2) is 8.09. The third-order valence-electron chi connectivity index (χ3n) is 4.17. The SMILES string of the molecule is Cc1c(C[NH+](C)CC(=O)Nc2cccc(F)c2)noc1-c1ccc(F)cc1. The summed E-state index contributed by atoms with van der Waals surface area (Å²) in [7, 11) is 1.86. The van der Waals surface area contributed by atoms with Crippen LogP contribution in [0, 0.1) is 18.6 Å². The van der Waals surface area contributed by atoms with Gasteiger partial charge in [-0.15, -0.1) is 0 Å². The van der Waals surface area contributed by atoms with E-state index in [0.717, 1.165) is 21.7 Å². The Balaban J connectivity index is 1.61. The van der Waals surface area contributed by atoms with Crippen molar-refractivity contribution in [2.75, 3.05) is 18.9 Å². The Kier molecular flexibility index (Phi) is 5.61. The number of nitrogens with one attached hydrogen (secondary N) is 2. The Morgan fingerprint density at radius 1 is 1.15 bits per heavy atom. The molecule has 1 atom stereocenters. The summed E-state index contributed by atoms with van der Waals surface area (Å²) in [5.41, 5.74) is 2.75. The molecule has 0 saturated heterocycles. The van der Waals surface area contributed by atoms with Crippen LogP contribution in [0.1, 0.15) is 11.3 Å². The van der Waals surface area contributed by atoms with Gasteiger partial charge in [0.15, 0.2) is 12.3 Å². The maximum atomic E-state index is 13.2. The first-order valence-electron chi connectivity index (χ1n) is 8.50. The Bertz CT molecular complexity index is 939. The molecule has 0 radical (unpaired) electrons. The summed E-state index contributed by atoms with van der Waals surface area (Å²) in [6, 6.07) is 11.8. The van der Waals surface area contributed by atoms with E-state index in [1.807, 2.05) is 14.0 Å². The molecule has 27 heavy (non-hydrogen) atoms. The Labute approximate surface area is 155 Å². The van der Waals surface area contributed by atoms with E-state index in [2.05, 4.69) is 10.5 Å². The lowest BCUT2D eigenvalue weighted by atomic mass is 10.1. The molecule has 3 aromatic rings. The van der Waals surface area contributed by atoms with Crippen molar-refractivity contribution in [3.05, 3.63) is 71.4 Å². The van der Waals surface area contributed by atoms with E-state index < -0.39 is 5.82 Å². The van der Waals surface area contributed by atoms with Gasteiger partial charge in [0.1, 0.15) is 23.9 Å². The number of nitrogens with zero attached hydrogens (tertiary/aromatic N) is 1. The lowest BCUT2D eigenvalue weighted by molar-refractivity contribution is -0.885. The van der Waals surface area contributed by atoms with Gasteiger partial charge in [0.05, 0.1) is 7.05 Å². The maximum Gasteiger partial charge on any atom is 0.279 e. The number of benzene rings is 2. The number of hydrogen-bond acceptors (Lipinski definition) is 3. The number of hydrogen-bond donors (Lipinski definition) is 2. The van der Waals surface area contributed by atoms with Crippen molar-refractivity contribution in [1.82, 2.24) is 5.16 Å². The number of likely N-dealkylation sites (N-methyl/N-ethyl adjacent to an activating group) is 1. The molecule has 5 nitrogen and oxygen atoms in total. The molecule has 0 saturated carbocycles. The monoisotopic (exact) mass is 372 g/mol. The summed E-state index contributed by atoms with van der Waals surface area (Å²) in [4.78, 5) is 13.0. The Morgan fingerprint density at radius 2 is 1.89 bits per heavy atom. The minimum absolute atomic E-state index is 0.189. The Morgan fingerprint density at radius 3 is 2.59 bits per heavy atom. The first kappa shape index (κ1) is 18.7. The second-order valence-electron chi connectivity index (χ2n) is 6.46. The number of amides is 1. The van der Waals surface area contributed by atoms with E-state index in [0.29, 0.717) is 18.0 Å². The molecule has 1 aromatic heterocycles. The topological polar surface area (TPSA) is 59.6 Å². The third kappa shape index (κ3) is 4.77. The highest BCUT2D eigenvalue weighted by atomic mass is 19.1. The molecule has 2 aromatic carbocycles. The highest BCUT2D eigenvalue weighted by molar-refractivity contribution is 5.91. The van der Waals surface area contributed by atoms with Crippen molar-refractivity contribution < 1.29 is 23.0 Å². The van der Waals surface area contributed by atoms with Gasteiger partial charge in [-0.1, -0.05) is 11.2 Å². The van der Waals surface area contributed by atoms with Gasteiger partial charge in [-0.2, -0.15) is 0 Å². The van der Waals surface area contributed by atoms with Crippen LogP contribution in [-0.2, 0) is 11.3 Å². The van der Waals surface area contributed by atoms with Crippen LogP contribution in [0.4, 0.5) is 14.5 Å². The predicted molar refractivity (Wildman–Crippen MR) is 97.1 cm³/mol. The van der Waals surface area contributed by atoms with E-state index >= 15 is 0 Å². The zero-order valence-electron chi connectivity index (χ0n) is 15.1. The van der Waals surface area contributed by atoms with Gasteiger partial charge in [-0.3, -0.25) is 4.79 Å². The third-order valence-corrected chi connectivity index (χ3v) is 4.17. The van der Waals surface area contributed by atoms with Crippen LogP contribution in [0.3, 0.4) is 0 Å². The number of rotatable bonds is 6. The number of anilines is 1. The van der Waals surface area contributed by atoms with Crippen LogP contribution >= 0.6 is 0 Å². The Hall–Kier alpha value is -3.06. The molecule has 0 aliphatic carbocycles. The molecule has 0 fully saturated rings. The van der Waals surface area contributed by atoms with Crippen LogP contribution < -0.4 is 10.2 Å². The predicted octanol–water partition coefficient (Wildman–Crippen LogP) is 2.58. The fourth-order valence-corrected chi connectivity index (χ4v) is 2.80. The molecule has 140 valence electrons. The molecular weight excluding hydrogens is 352 g/mol. The molecule has 7 heteroatoms. The van der Waals surface area contributed by atoms with Gasteiger partial charge in [0.25, 0.3) is 5.91 Å². The molecule has 0 aliphatic heterocycles. The fraction of sp³-hybridized carbons (Fsp3) is 0.200. The van der Waals surface area contributed by atoms with Crippen molar-refractivity contribution in [2.24, 2.45) is 0 Å². The van der Waals surface area contributed by atoms with Crippen molar-refractivity contribution in [3.8, 4) is 11.3 Å². The lowest BCUT2D eigenvalue weighted by Gasteiger charge is -2.13. The largest absolute Gasteiger partial charge is 0.356 e. The molecular formula is C20H20F2N3O2+. The number of aromatic nitrogens is 1. The van der Waals surface area contributed by atoms with Crippen molar-refractivity contribution >= 4 is 11.6 Å². The first-order chi connectivity index (χ1) is 12.9. The van der Waals surface area contributed by atoms with Crippen molar-refractivity contribution in [1.29, 1.82) is 0 Å². The van der Waals surface area contributed by atoms with Crippen LogP contribution in [-0.4, -0.2) is 24.7 Å². The van der Waals surface area contributed by atoms with E-state index in [1.165, 1.54) is 30.3 Å². The zero-order chi connectivity index (χ0) is 19.4. The zero-order valence-corrected chi connectivity index (χ0v) is 15.1. The number of carbonyl (C=O) groups excluding carboxylic acids is 1. The van der Waals surface area contributed by atoms with Crippen molar-refractivity contribution in [2.45, 2.75) is 13.5 Å². The van der Waals surface area contributed by atoms with E-state index in [9.17, 15) is 13.6 Å². The maximum absolute atomic E-state index is 13.2.